The van der Waals surface area contributed by atoms with Crippen molar-refractivity contribution in [2.45, 2.75) is 72.3 Å². The van der Waals surface area contributed by atoms with Crippen molar-refractivity contribution in [3.63, 3.8) is 0 Å². The zero-order valence-corrected chi connectivity index (χ0v) is 16.3. The topological polar surface area (TPSA) is 55.8 Å². The predicted molar refractivity (Wildman–Crippen MR) is 96.5 cm³/mol. The van der Waals surface area contributed by atoms with Crippen LogP contribution in [0.5, 0.6) is 5.75 Å². The van der Waals surface area contributed by atoms with Gasteiger partial charge in [-0.25, -0.2) is 4.79 Å². The first kappa shape index (κ1) is 20.5. The molecule has 0 amide bonds. The second-order valence-electron chi connectivity index (χ2n) is 8.05. The van der Waals surface area contributed by atoms with Gasteiger partial charge in [-0.3, -0.25) is 0 Å². The molecular formula is C20H32O4. The Hall–Kier alpha value is -1.55. The second kappa shape index (κ2) is 7.56. The zero-order chi connectivity index (χ0) is 18.7. The van der Waals surface area contributed by atoms with Gasteiger partial charge >= 0.3 is 5.97 Å². The van der Waals surface area contributed by atoms with Gasteiger partial charge in [-0.2, -0.15) is 0 Å². The quantitative estimate of drug-likeness (QED) is 0.797. The Balaban J connectivity index is 3.62. The molecule has 1 N–H and O–H groups in total. The van der Waals surface area contributed by atoms with Crippen LogP contribution in [0.15, 0.2) is 12.1 Å². The van der Waals surface area contributed by atoms with Crippen molar-refractivity contribution < 1.29 is 19.4 Å². The molecule has 0 aromatic heterocycles. The van der Waals surface area contributed by atoms with Gasteiger partial charge in [0.25, 0.3) is 0 Å². The molecule has 0 saturated heterocycles. The first-order chi connectivity index (χ1) is 10.9. The van der Waals surface area contributed by atoms with Crippen LogP contribution in [0.3, 0.4) is 0 Å². The fraction of sp³-hybridized carbons (Fsp3) is 0.650. The Bertz CT molecular complexity index is 577. The zero-order valence-electron chi connectivity index (χ0n) is 16.3. The molecule has 0 fully saturated rings. The van der Waals surface area contributed by atoms with E-state index in [0.29, 0.717) is 12.2 Å². The molecule has 1 unspecified atom stereocenters. The number of ether oxygens (including phenoxy) is 2. The van der Waals surface area contributed by atoms with Crippen molar-refractivity contribution in [2.24, 2.45) is 0 Å². The van der Waals surface area contributed by atoms with Crippen LogP contribution < -0.4 is 0 Å². The van der Waals surface area contributed by atoms with Gasteiger partial charge in [-0.15, -0.1) is 0 Å². The lowest BCUT2D eigenvalue weighted by Gasteiger charge is -2.29. The molecule has 0 heterocycles. The third kappa shape index (κ3) is 4.73. The maximum absolute atomic E-state index is 12.3. The Morgan fingerprint density at radius 1 is 1.04 bits per heavy atom. The maximum atomic E-state index is 12.3. The average Bonchev–Trinajstić information content (AvgIpc) is 2.43. The van der Waals surface area contributed by atoms with Gasteiger partial charge in [-0.05, 0) is 41.9 Å². The smallest absolute Gasteiger partial charge is 0.340 e. The monoisotopic (exact) mass is 336 g/mol. The summed E-state index contributed by atoms with van der Waals surface area (Å²) in [5, 5.41) is 10.8. The Labute approximate surface area is 146 Å². The van der Waals surface area contributed by atoms with Gasteiger partial charge in [0, 0.05) is 12.2 Å². The minimum absolute atomic E-state index is 0.113. The summed E-state index contributed by atoms with van der Waals surface area (Å²) < 4.78 is 10.8. The summed E-state index contributed by atoms with van der Waals surface area (Å²) in [6, 6.07) is 3.88. The molecule has 136 valence electrons. The third-order valence-corrected chi connectivity index (χ3v) is 3.93. The van der Waals surface area contributed by atoms with E-state index in [1.807, 2.05) is 39.8 Å². The van der Waals surface area contributed by atoms with E-state index < -0.39 is 12.1 Å². The van der Waals surface area contributed by atoms with E-state index in [4.69, 9.17) is 9.47 Å². The molecule has 0 bridgehead atoms. The molecule has 4 nitrogen and oxygen atoms in total. The van der Waals surface area contributed by atoms with Crippen molar-refractivity contribution in [1.82, 2.24) is 0 Å². The highest BCUT2D eigenvalue weighted by Gasteiger charge is 2.31. The standard InChI is InChI=1S/C20H32O4/c1-9-23-17(18(22)24-10-2)14-11-13(19(3,4)5)12-15(16(14)21)20(6,7)8/h11-12,17,21H,9-10H2,1-8H3. The first-order valence-electron chi connectivity index (χ1n) is 8.59. The summed E-state index contributed by atoms with van der Waals surface area (Å²) in [5.74, 6) is -0.359. The summed E-state index contributed by atoms with van der Waals surface area (Å²) >= 11 is 0. The highest BCUT2D eigenvalue weighted by atomic mass is 16.6. The van der Waals surface area contributed by atoms with Crippen molar-refractivity contribution in [3.05, 3.63) is 28.8 Å². The number of phenols is 1. The van der Waals surface area contributed by atoms with Crippen LogP contribution >= 0.6 is 0 Å². The number of carbonyl (C=O) groups excluding carboxylic acids is 1. The van der Waals surface area contributed by atoms with E-state index in [0.717, 1.165) is 11.1 Å². The van der Waals surface area contributed by atoms with Gasteiger partial charge in [0.15, 0.2) is 6.10 Å². The van der Waals surface area contributed by atoms with Crippen molar-refractivity contribution in [1.29, 1.82) is 0 Å². The lowest BCUT2D eigenvalue weighted by atomic mass is 9.78. The number of hydrogen-bond donors (Lipinski definition) is 1. The lowest BCUT2D eigenvalue weighted by molar-refractivity contribution is -0.157. The Kier molecular flexibility index (Phi) is 6.45. The van der Waals surface area contributed by atoms with Crippen LogP contribution in [0.25, 0.3) is 0 Å². The summed E-state index contributed by atoms with van der Waals surface area (Å²) in [6.07, 6.45) is -0.918. The highest BCUT2D eigenvalue weighted by molar-refractivity contribution is 5.78. The summed E-state index contributed by atoms with van der Waals surface area (Å²) in [6.45, 7) is 16.6. The SMILES string of the molecule is CCOC(=O)C(OCC)c1cc(C(C)(C)C)cc(C(C)(C)C)c1O. The number of carbonyl (C=O) groups is 1. The molecule has 1 atom stereocenters. The molecule has 0 aliphatic rings. The molecule has 0 radical (unpaired) electrons. The molecular weight excluding hydrogens is 304 g/mol. The van der Waals surface area contributed by atoms with Crippen LogP contribution in [0.1, 0.15) is 78.2 Å². The van der Waals surface area contributed by atoms with Crippen LogP contribution in [0, 0.1) is 0 Å². The largest absolute Gasteiger partial charge is 0.507 e. The molecule has 0 saturated carbocycles. The van der Waals surface area contributed by atoms with Crippen LogP contribution in [-0.2, 0) is 25.1 Å². The first-order valence-corrected chi connectivity index (χ1v) is 8.59. The fourth-order valence-electron chi connectivity index (χ4n) is 2.53. The van der Waals surface area contributed by atoms with Crippen molar-refractivity contribution in [3.8, 4) is 5.75 Å². The molecule has 1 aromatic rings. The van der Waals surface area contributed by atoms with Crippen molar-refractivity contribution >= 4 is 5.97 Å². The van der Waals surface area contributed by atoms with E-state index in [1.165, 1.54) is 0 Å². The summed E-state index contributed by atoms with van der Waals surface area (Å²) in [7, 11) is 0. The molecule has 0 spiro atoms. The number of phenolic OH excluding ortho intramolecular Hbond substituents is 1. The molecule has 0 aliphatic heterocycles. The molecule has 24 heavy (non-hydrogen) atoms. The Morgan fingerprint density at radius 3 is 2.04 bits per heavy atom. The van der Waals surface area contributed by atoms with Crippen LogP contribution in [-0.4, -0.2) is 24.3 Å². The average molecular weight is 336 g/mol. The van der Waals surface area contributed by atoms with Crippen LogP contribution in [0.4, 0.5) is 0 Å². The van der Waals surface area contributed by atoms with Gasteiger partial charge in [0.1, 0.15) is 5.75 Å². The molecule has 4 heteroatoms. The normalized spacial score (nSPS) is 13.7. The predicted octanol–water partition coefficient (Wildman–Crippen LogP) is 4.63. The van der Waals surface area contributed by atoms with Crippen molar-refractivity contribution in [2.75, 3.05) is 13.2 Å². The number of esters is 1. The van der Waals surface area contributed by atoms with E-state index >= 15 is 0 Å². The summed E-state index contributed by atoms with van der Waals surface area (Å²) in [5.41, 5.74) is 1.96. The third-order valence-electron chi connectivity index (χ3n) is 3.93. The van der Waals surface area contributed by atoms with Gasteiger partial charge in [-0.1, -0.05) is 47.6 Å². The van der Waals surface area contributed by atoms with Gasteiger partial charge in [0.2, 0.25) is 0 Å². The maximum Gasteiger partial charge on any atom is 0.340 e. The second-order valence-corrected chi connectivity index (χ2v) is 8.05. The minimum atomic E-state index is -0.918. The number of aromatic hydroxyl groups is 1. The molecule has 1 rings (SSSR count). The summed E-state index contributed by atoms with van der Waals surface area (Å²) in [4.78, 5) is 12.3. The minimum Gasteiger partial charge on any atom is -0.507 e. The number of benzene rings is 1. The Morgan fingerprint density at radius 2 is 1.62 bits per heavy atom. The van der Waals surface area contributed by atoms with E-state index in [9.17, 15) is 9.90 Å². The van der Waals surface area contributed by atoms with E-state index in [1.54, 1.807) is 6.92 Å². The molecule has 1 aromatic carbocycles. The van der Waals surface area contributed by atoms with Gasteiger partial charge < -0.3 is 14.6 Å². The number of hydrogen-bond acceptors (Lipinski definition) is 4. The molecule has 0 aliphatic carbocycles. The number of rotatable bonds is 5. The fourth-order valence-corrected chi connectivity index (χ4v) is 2.53. The van der Waals surface area contributed by atoms with E-state index in [2.05, 4.69) is 20.8 Å². The lowest BCUT2D eigenvalue weighted by Crippen LogP contribution is -2.23. The van der Waals surface area contributed by atoms with Gasteiger partial charge in [0.05, 0.1) is 6.61 Å². The highest BCUT2D eigenvalue weighted by Crippen LogP contribution is 2.41. The van der Waals surface area contributed by atoms with E-state index in [-0.39, 0.29) is 23.2 Å². The van der Waals surface area contributed by atoms with Crippen LogP contribution in [0.2, 0.25) is 0 Å².